The van der Waals surface area contributed by atoms with E-state index in [1.165, 1.54) is 0 Å². The molecule has 0 radical (unpaired) electrons. The van der Waals surface area contributed by atoms with Gasteiger partial charge in [-0.2, -0.15) is 0 Å². The summed E-state index contributed by atoms with van der Waals surface area (Å²) in [5.74, 6) is 0.0401. The first-order valence-electron chi connectivity index (χ1n) is 8.44. The SMILES string of the molecule is Cc1ccc(C)c(N(C)C(=O)Cc2csc(Cc3cccc(Cl)c3)n2)c1. The molecule has 0 aliphatic heterocycles. The number of likely N-dealkylation sites (N-methyl/N-ethyl adjacent to an activating group) is 1. The van der Waals surface area contributed by atoms with Crippen molar-refractivity contribution in [3.05, 3.63) is 80.3 Å². The number of anilines is 1. The molecule has 0 saturated heterocycles. The van der Waals surface area contributed by atoms with Crippen LogP contribution >= 0.6 is 22.9 Å². The van der Waals surface area contributed by atoms with Gasteiger partial charge in [0.2, 0.25) is 5.91 Å². The van der Waals surface area contributed by atoms with Gasteiger partial charge in [0.15, 0.2) is 0 Å². The largest absolute Gasteiger partial charge is 0.315 e. The molecule has 5 heteroatoms. The zero-order chi connectivity index (χ0) is 18.7. The molecule has 0 atom stereocenters. The first-order valence-corrected chi connectivity index (χ1v) is 9.69. The molecule has 3 rings (SSSR count). The number of amides is 1. The molecule has 1 amide bonds. The van der Waals surface area contributed by atoms with E-state index in [-0.39, 0.29) is 5.91 Å². The molecule has 0 unspecified atom stereocenters. The van der Waals surface area contributed by atoms with Crippen LogP contribution in [0.1, 0.15) is 27.4 Å². The number of benzene rings is 2. The fraction of sp³-hybridized carbons (Fsp3) is 0.238. The molecule has 0 aliphatic rings. The van der Waals surface area contributed by atoms with Gasteiger partial charge in [-0.05, 0) is 48.7 Å². The number of aromatic nitrogens is 1. The highest BCUT2D eigenvalue weighted by atomic mass is 35.5. The molecule has 2 aromatic carbocycles. The van der Waals surface area contributed by atoms with Gasteiger partial charge in [0.1, 0.15) is 0 Å². The van der Waals surface area contributed by atoms with Crippen molar-refractivity contribution >= 4 is 34.5 Å². The van der Waals surface area contributed by atoms with E-state index in [0.29, 0.717) is 6.42 Å². The molecule has 0 saturated carbocycles. The number of rotatable bonds is 5. The number of thiazole rings is 1. The lowest BCUT2D eigenvalue weighted by Gasteiger charge is -2.19. The summed E-state index contributed by atoms with van der Waals surface area (Å²) in [6.45, 7) is 4.05. The molecule has 1 aromatic heterocycles. The van der Waals surface area contributed by atoms with Gasteiger partial charge in [-0.15, -0.1) is 11.3 Å². The summed E-state index contributed by atoms with van der Waals surface area (Å²) >= 11 is 7.62. The van der Waals surface area contributed by atoms with Gasteiger partial charge in [0, 0.05) is 29.6 Å². The number of halogens is 1. The highest BCUT2D eigenvalue weighted by Crippen LogP contribution is 2.22. The maximum Gasteiger partial charge on any atom is 0.232 e. The maximum atomic E-state index is 12.7. The number of carbonyl (C=O) groups excluding carboxylic acids is 1. The predicted molar refractivity (Wildman–Crippen MR) is 109 cm³/mol. The van der Waals surface area contributed by atoms with Crippen molar-refractivity contribution in [2.75, 3.05) is 11.9 Å². The van der Waals surface area contributed by atoms with E-state index in [1.54, 1.807) is 16.2 Å². The Morgan fingerprint density at radius 3 is 2.77 bits per heavy atom. The van der Waals surface area contributed by atoms with E-state index in [2.05, 4.69) is 11.1 Å². The third kappa shape index (κ3) is 4.51. The molecule has 26 heavy (non-hydrogen) atoms. The predicted octanol–water partition coefficient (Wildman–Crippen LogP) is 5.21. The van der Waals surface area contributed by atoms with Gasteiger partial charge in [-0.25, -0.2) is 4.98 Å². The molecular formula is C21H21ClN2OS. The summed E-state index contributed by atoms with van der Waals surface area (Å²) in [5.41, 5.74) is 5.12. The van der Waals surface area contributed by atoms with E-state index >= 15 is 0 Å². The third-order valence-corrected chi connectivity index (χ3v) is 5.41. The van der Waals surface area contributed by atoms with E-state index < -0.39 is 0 Å². The molecule has 0 bridgehead atoms. The lowest BCUT2D eigenvalue weighted by atomic mass is 10.1. The fourth-order valence-corrected chi connectivity index (χ4v) is 3.86. The summed E-state index contributed by atoms with van der Waals surface area (Å²) in [6, 6.07) is 13.9. The van der Waals surface area contributed by atoms with E-state index in [1.807, 2.05) is 62.7 Å². The van der Waals surface area contributed by atoms with Gasteiger partial charge in [-0.1, -0.05) is 35.9 Å². The first kappa shape index (κ1) is 18.6. The van der Waals surface area contributed by atoms with Crippen LogP contribution in [0.4, 0.5) is 5.69 Å². The quantitative estimate of drug-likeness (QED) is 0.605. The van der Waals surface area contributed by atoms with Crippen LogP contribution in [-0.2, 0) is 17.6 Å². The fourth-order valence-electron chi connectivity index (χ4n) is 2.82. The Bertz CT molecular complexity index is 935. The van der Waals surface area contributed by atoms with Gasteiger partial charge in [-0.3, -0.25) is 4.79 Å². The van der Waals surface area contributed by atoms with Gasteiger partial charge >= 0.3 is 0 Å². The first-order chi connectivity index (χ1) is 12.4. The summed E-state index contributed by atoms with van der Waals surface area (Å²) in [4.78, 5) is 19.0. The average Bonchev–Trinajstić information content (AvgIpc) is 3.03. The monoisotopic (exact) mass is 384 g/mol. The van der Waals surface area contributed by atoms with Crippen LogP contribution in [0.2, 0.25) is 5.02 Å². The molecule has 0 aliphatic carbocycles. The molecule has 0 fully saturated rings. The zero-order valence-corrected chi connectivity index (χ0v) is 16.7. The maximum absolute atomic E-state index is 12.7. The molecule has 1 heterocycles. The second-order valence-electron chi connectivity index (χ2n) is 6.46. The Kier molecular flexibility index (Phi) is 5.74. The normalized spacial score (nSPS) is 10.8. The van der Waals surface area contributed by atoms with E-state index in [0.717, 1.165) is 44.5 Å². The van der Waals surface area contributed by atoms with Crippen molar-refractivity contribution in [1.82, 2.24) is 4.98 Å². The van der Waals surface area contributed by atoms with Crippen molar-refractivity contribution in [2.45, 2.75) is 26.7 Å². The molecule has 0 N–H and O–H groups in total. The van der Waals surface area contributed by atoms with Crippen molar-refractivity contribution in [2.24, 2.45) is 0 Å². The van der Waals surface area contributed by atoms with Crippen LogP contribution in [0.3, 0.4) is 0 Å². The van der Waals surface area contributed by atoms with Crippen LogP contribution in [0, 0.1) is 13.8 Å². The minimum absolute atomic E-state index is 0.0401. The Morgan fingerprint density at radius 1 is 1.19 bits per heavy atom. The molecule has 134 valence electrons. The number of aryl methyl sites for hydroxylation is 2. The second-order valence-corrected chi connectivity index (χ2v) is 7.84. The molecule has 0 spiro atoms. The number of carbonyl (C=O) groups is 1. The third-order valence-electron chi connectivity index (χ3n) is 4.28. The smallest absolute Gasteiger partial charge is 0.232 e. The van der Waals surface area contributed by atoms with Gasteiger partial charge in [0.25, 0.3) is 0 Å². The molecular weight excluding hydrogens is 364 g/mol. The van der Waals surface area contributed by atoms with Gasteiger partial charge < -0.3 is 4.90 Å². The lowest BCUT2D eigenvalue weighted by molar-refractivity contribution is -0.117. The lowest BCUT2D eigenvalue weighted by Crippen LogP contribution is -2.28. The van der Waals surface area contributed by atoms with Crippen LogP contribution in [0.15, 0.2) is 47.8 Å². The number of hydrogen-bond acceptors (Lipinski definition) is 3. The number of hydrogen-bond donors (Lipinski definition) is 0. The van der Waals surface area contributed by atoms with E-state index in [4.69, 9.17) is 11.6 Å². The number of nitrogens with zero attached hydrogens (tertiary/aromatic N) is 2. The highest BCUT2D eigenvalue weighted by molar-refractivity contribution is 7.09. The summed E-state index contributed by atoms with van der Waals surface area (Å²) in [7, 11) is 1.82. The second kappa shape index (κ2) is 8.02. The molecule has 3 nitrogen and oxygen atoms in total. The summed E-state index contributed by atoms with van der Waals surface area (Å²) < 4.78 is 0. The Hall–Kier alpha value is -2.17. The molecule has 3 aromatic rings. The van der Waals surface area contributed by atoms with Crippen molar-refractivity contribution < 1.29 is 4.79 Å². The van der Waals surface area contributed by atoms with E-state index in [9.17, 15) is 4.79 Å². The zero-order valence-electron chi connectivity index (χ0n) is 15.1. The minimum Gasteiger partial charge on any atom is -0.315 e. The summed E-state index contributed by atoms with van der Waals surface area (Å²) in [5, 5.41) is 3.68. The van der Waals surface area contributed by atoms with Crippen LogP contribution in [0.25, 0.3) is 0 Å². The Labute approximate surface area is 163 Å². The standard InChI is InChI=1S/C21H21ClN2OS/c1-14-7-8-15(2)19(9-14)24(3)21(25)12-18-13-26-20(23-18)11-16-5-4-6-17(22)10-16/h4-10,13H,11-12H2,1-3H3. The van der Waals surface area contributed by atoms with Crippen molar-refractivity contribution in [1.29, 1.82) is 0 Å². The van der Waals surface area contributed by atoms with Gasteiger partial charge in [0.05, 0.1) is 17.1 Å². The van der Waals surface area contributed by atoms with Crippen LogP contribution in [0.5, 0.6) is 0 Å². The highest BCUT2D eigenvalue weighted by Gasteiger charge is 2.15. The van der Waals surface area contributed by atoms with Crippen LogP contribution < -0.4 is 4.90 Å². The summed E-state index contributed by atoms with van der Waals surface area (Å²) in [6.07, 6.45) is 1.03. The van der Waals surface area contributed by atoms with Crippen molar-refractivity contribution in [3.8, 4) is 0 Å². The Morgan fingerprint density at radius 2 is 2.00 bits per heavy atom. The minimum atomic E-state index is 0.0401. The van der Waals surface area contributed by atoms with Crippen molar-refractivity contribution in [3.63, 3.8) is 0 Å². The Balaban J connectivity index is 1.68. The average molecular weight is 385 g/mol. The topological polar surface area (TPSA) is 33.2 Å². The van der Waals surface area contributed by atoms with Crippen LogP contribution in [-0.4, -0.2) is 17.9 Å².